The van der Waals surface area contributed by atoms with Crippen LogP contribution in [-0.2, 0) is 13.0 Å². The first-order chi connectivity index (χ1) is 16.6. The highest BCUT2D eigenvalue weighted by molar-refractivity contribution is 5.48. The van der Waals surface area contributed by atoms with Crippen LogP contribution in [0.2, 0.25) is 0 Å². The van der Waals surface area contributed by atoms with Gasteiger partial charge in [0.15, 0.2) is 5.82 Å². The van der Waals surface area contributed by atoms with Crippen LogP contribution in [0.3, 0.4) is 0 Å². The van der Waals surface area contributed by atoms with Gasteiger partial charge in [-0.15, -0.1) is 0 Å². The molecule has 1 spiro atoms. The first kappa shape index (κ1) is 22.4. The van der Waals surface area contributed by atoms with Gasteiger partial charge in [-0.1, -0.05) is 47.9 Å². The second-order valence-corrected chi connectivity index (χ2v) is 9.41. The van der Waals surface area contributed by atoms with Crippen LogP contribution in [0.5, 0.6) is 0 Å². The van der Waals surface area contributed by atoms with Gasteiger partial charge in [0.2, 0.25) is 0 Å². The zero-order chi connectivity index (χ0) is 23.5. The maximum absolute atomic E-state index is 9.97. The lowest BCUT2D eigenvalue weighted by atomic mass is 9.73. The molecule has 1 unspecified atom stereocenters. The monoisotopic (exact) mass is 453 g/mol. The van der Waals surface area contributed by atoms with Crippen LogP contribution in [-0.4, -0.2) is 34.7 Å². The van der Waals surface area contributed by atoms with E-state index in [9.17, 15) is 5.11 Å². The summed E-state index contributed by atoms with van der Waals surface area (Å²) in [7, 11) is 0. The summed E-state index contributed by atoms with van der Waals surface area (Å²) >= 11 is 0. The smallest absolute Gasteiger partial charge is 0.152 e. The normalized spacial score (nSPS) is 18.3. The summed E-state index contributed by atoms with van der Waals surface area (Å²) in [6, 6.07) is 16.9. The van der Waals surface area contributed by atoms with Crippen LogP contribution in [0.4, 0.5) is 11.5 Å². The lowest BCUT2D eigenvalue weighted by Gasteiger charge is -2.42. The lowest BCUT2D eigenvalue weighted by Crippen LogP contribution is -2.45. The molecule has 6 heteroatoms. The van der Waals surface area contributed by atoms with E-state index in [0.717, 1.165) is 43.9 Å². The summed E-state index contributed by atoms with van der Waals surface area (Å²) < 4.78 is 0. The Morgan fingerprint density at radius 1 is 1.15 bits per heavy atom. The van der Waals surface area contributed by atoms with Crippen molar-refractivity contribution in [2.45, 2.75) is 38.8 Å². The second kappa shape index (κ2) is 9.46. The molecule has 1 saturated heterocycles. The minimum absolute atomic E-state index is 0.0837. The van der Waals surface area contributed by atoms with Gasteiger partial charge < -0.3 is 21.1 Å². The van der Waals surface area contributed by atoms with E-state index in [1.807, 2.05) is 12.1 Å². The topological polar surface area (TPSA) is 87.3 Å². The molecule has 174 valence electrons. The van der Waals surface area contributed by atoms with E-state index < -0.39 is 0 Å². The largest absolute Gasteiger partial charge is 0.390 e. The molecule has 2 heterocycles. The van der Waals surface area contributed by atoms with Crippen molar-refractivity contribution in [1.29, 1.82) is 0 Å². The van der Waals surface area contributed by atoms with Crippen LogP contribution >= 0.6 is 0 Å². The molecule has 3 aromatic rings. The molecule has 4 N–H and O–H groups in total. The number of aryl methyl sites for hydroxylation is 1. The maximum Gasteiger partial charge on any atom is 0.152 e. The van der Waals surface area contributed by atoms with Gasteiger partial charge in [-0.2, -0.15) is 0 Å². The number of aliphatic hydroxyl groups excluding tert-OH is 1. The van der Waals surface area contributed by atoms with Crippen molar-refractivity contribution < 1.29 is 5.11 Å². The van der Waals surface area contributed by atoms with Crippen molar-refractivity contribution in [3.05, 3.63) is 82.8 Å². The van der Waals surface area contributed by atoms with Gasteiger partial charge in [0.25, 0.3) is 0 Å². The van der Waals surface area contributed by atoms with E-state index in [1.165, 1.54) is 16.7 Å². The molecule has 2 aromatic carbocycles. The third-order valence-corrected chi connectivity index (χ3v) is 7.27. The molecule has 0 amide bonds. The molecule has 1 aliphatic heterocycles. The molecule has 34 heavy (non-hydrogen) atoms. The fourth-order valence-corrected chi connectivity index (χ4v) is 5.27. The van der Waals surface area contributed by atoms with Crippen molar-refractivity contribution >= 4 is 11.5 Å². The molecule has 6 nitrogen and oxygen atoms in total. The Balaban J connectivity index is 1.23. The summed E-state index contributed by atoms with van der Waals surface area (Å²) in [5.74, 6) is 6.90. The Hall–Kier alpha value is -3.40. The molecule has 0 saturated carbocycles. The molecule has 0 bridgehead atoms. The Kier molecular flexibility index (Phi) is 6.23. The van der Waals surface area contributed by atoms with Crippen molar-refractivity contribution in [3.63, 3.8) is 0 Å². The van der Waals surface area contributed by atoms with E-state index >= 15 is 0 Å². The summed E-state index contributed by atoms with van der Waals surface area (Å²) in [6.45, 7) is 4.13. The van der Waals surface area contributed by atoms with Gasteiger partial charge >= 0.3 is 0 Å². The number of aromatic nitrogens is 2. The first-order valence-corrected chi connectivity index (χ1v) is 11.9. The number of aliphatic hydroxyl groups is 1. The highest BCUT2D eigenvalue weighted by Crippen LogP contribution is 2.50. The first-order valence-electron chi connectivity index (χ1n) is 11.9. The number of anilines is 2. The van der Waals surface area contributed by atoms with Crippen LogP contribution in [0.15, 0.2) is 54.7 Å². The number of nitrogens with two attached hydrogens (primary N) is 1. The van der Waals surface area contributed by atoms with E-state index in [0.29, 0.717) is 17.9 Å². The molecular weight excluding hydrogens is 422 g/mol. The average Bonchev–Trinajstić information content (AvgIpc) is 3.14. The maximum atomic E-state index is 9.97. The van der Waals surface area contributed by atoms with Crippen molar-refractivity contribution in [1.82, 2.24) is 9.97 Å². The summed E-state index contributed by atoms with van der Waals surface area (Å²) in [4.78, 5) is 11.5. The highest BCUT2D eigenvalue weighted by atomic mass is 16.3. The highest BCUT2D eigenvalue weighted by Gasteiger charge is 2.46. The van der Waals surface area contributed by atoms with E-state index in [1.54, 1.807) is 6.20 Å². The minimum atomic E-state index is -0.161. The number of hydrogen-bond donors (Lipinski definition) is 3. The van der Waals surface area contributed by atoms with Gasteiger partial charge in [-0.25, -0.2) is 9.97 Å². The van der Waals surface area contributed by atoms with Crippen LogP contribution < -0.4 is 16.0 Å². The Morgan fingerprint density at radius 2 is 1.91 bits per heavy atom. The third-order valence-electron chi connectivity index (χ3n) is 7.27. The van der Waals surface area contributed by atoms with Gasteiger partial charge in [0.05, 0.1) is 19.3 Å². The van der Waals surface area contributed by atoms with Crippen LogP contribution in [0.1, 0.15) is 47.0 Å². The number of hydrogen-bond acceptors (Lipinski definition) is 6. The zero-order valence-corrected chi connectivity index (χ0v) is 19.6. The fraction of sp³-hybridized carbons (Fsp3) is 0.357. The number of nitrogens with one attached hydrogen (secondary N) is 1. The molecule has 2 aliphatic rings. The van der Waals surface area contributed by atoms with Crippen molar-refractivity contribution in [2.75, 3.05) is 29.9 Å². The fourth-order valence-electron chi connectivity index (χ4n) is 5.27. The quantitative estimate of drug-likeness (QED) is 0.524. The second-order valence-electron chi connectivity index (χ2n) is 9.41. The lowest BCUT2D eigenvalue weighted by molar-refractivity contribution is 0.186. The van der Waals surface area contributed by atoms with Gasteiger partial charge in [-0.3, -0.25) is 0 Å². The van der Waals surface area contributed by atoms with Crippen LogP contribution in [0, 0.1) is 24.2 Å². The number of fused-ring (bicyclic) bond motifs is 1. The van der Waals surface area contributed by atoms with Gasteiger partial charge in [0.1, 0.15) is 11.4 Å². The predicted octanol–water partition coefficient (Wildman–Crippen LogP) is 3.58. The number of rotatable bonds is 4. The summed E-state index contributed by atoms with van der Waals surface area (Å²) in [5, 5.41) is 13.3. The average molecular weight is 454 g/mol. The number of piperidine rings is 1. The number of benzene rings is 2. The standard InChI is InChI=1S/C28H31N5O/c1-20-8-10-22(11-9-20)30-14-4-6-23-18-31-27(25(19-34)32-23)33-15-12-28(13-16-33)17-21-5-2-3-7-24(21)26(28)29/h2-3,5,7-11,18,26,30,34H,12-17,19,29H2,1H3. The third kappa shape index (κ3) is 4.37. The molecule has 5 rings (SSSR count). The van der Waals surface area contributed by atoms with E-state index in [2.05, 4.69) is 75.3 Å². The molecular formula is C28H31N5O. The van der Waals surface area contributed by atoms with Crippen molar-refractivity contribution in [2.24, 2.45) is 11.1 Å². The van der Waals surface area contributed by atoms with E-state index in [-0.39, 0.29) is 18.1 Å². The minimum Gasteiger partial charge on any atom is -0.390 e. The molecule has 0 radical (unpaired) electrons. The molecule has 1 atom stereocenters. The van der Waals surface area contributed by atoms with Gasteiger partial charge in [0, 0.05) is 24.8 Å². The molecule has 1 fully saturated rings. The van der Waals surface area contributed by atoms with E-state index in [4.69, 9.17) is 5.73 Å². The SMILES string of the molecule is Cc1ccc(NCC#Cc2cnc(N3CCC4(CC3)Cc3ccccc3C4N)c(CO)n2)cc1. The molecule has 1 aliphatic carbocycles. The summed E-state index contributed by atoms with van der Waals surface area (Å²) in [5.41, 5.74) is 12.9. The van der Waals surface area contributed by atoms with Gasteiger partial charge in [-0.05, 0) is 60.8 Å². The van der Waals surface area contributed by atoms with Crippen molar-refractivity contribution in [3.8, 4) is 11.8 Å². The predicted molar refractivity (Wildman–Crippen MR) is 135 cm³/mol. The Bertz CT molecular complexity index is 1220. The number of nitrogens with zero attached hydrogens (tertiary/aromatic N) is 3. The zero-order valence-electron chi connectivity index (χ0n) is 19.6. The Morgan fingerprint density at radius 3 is 2.65 bits per heavy atom. The Labute approximate surface area is 201 Å². The molecule has 1 aromatic heterocycles. The summed E-state index contributed by atoms with van der Waals surface area (Å²) in [6.07, 6.45) is 4.75. The van der Waals surface area contributed by atoms with Crippen LogP contribution in [0.25, 0.3) is 0 Å².